The van der Waals surface area contributed by atoms with Crippen LogP contribution in [0.15, 0.2) is 35.7 Å². The zero-order valence-electron chi connectivity index (χ0n) is 19.4. The summed E-state index contributed by atoms with van der Waals surface area (Å²) >= 11 is 1.73. The number of aryl methyl sites for hydroxylation is 1. The molecule has 2 aromatic heterocycles. The summed E-state index contributed by atoms with van der Waals surface area (Å²) in [7, 11) is 0. The van der Waals surface area contributed by atoms with Crippen molar-refractivity contribution in [2.75, 3.05) is 19.6 Å². The molecule has 2 aliphatic rings. The molecule has 1 atom stereocenters. The maximum Gasteiger partial charge on any atom is 0.274 e. The number of amides is 1. The van der Waals surface area contributed by atoms with Crippen molar-refractivity contribution >= 4 is 17.2 Å². The Morgan fingerprint density at radius 1 is 1.18 bits per heavy atom. The van der Waals surface area contributed by atoms with E-state index in [1.165, 1.54) is 23.2 Å². The van der Waals surface area contributed by atoms with Gasteiger partial charge >= 0.3 is 0 Å². The number of carbonyl (C=O) groups excluding carboxylic acids is 1. The van der Waals surface area contributed by atoms with E-state index in [9.17, 15) is 4.79 Å². The first-order valence-electron chi connectivity index (χ1n) is 12.3. The highest BCUT2D eigenvalue weighted by atomic mass is 32.1. The predicted octanol–water partition coefficient (Wildman–Crippen LogP) is 4.34. The molecular weight excluding hydrogens is 430 g/mol. The lowest BCUT2D eigenvalue weighted by Gasteiger charge is -2.27. The molecule has 1 aliphatic carbocycles. The van der Waals surface area contributed by atoms with Gasteiger partial charge in [-0.1, -0.05) is 30.3 Å². The summed E-state index contributed by atoms with van der Waals surface area (Å²) in [6.07, 6.45) is 7.32. The summed E-state index contributed by atoms with van der Waals surface area (Å²) < 4.78 is 2.06. The average Bonchev–Trinajstić information content (AvgIpc) is 3.49. The number of nitrogens with one attached hydrogen (secondary N) is 1. The lowest BCUT2D eigenvalue weighted by atomic mass is 9.91. The Morgan fingerprint density at radius 2 is 2.00 bits per heavy atom. The van der Waals surface area contributed by atoms with E-state index in [0.717, 1.165) is 75.4 Å². The molecule has 0 bridgehead atoms. The van der Waals surface area contributed by atoms with E-state index in [0.29, 0.717) is 11.7 Å². The zero-order valence-corrected chi connectivity index (χ0v) is 20.2. The second-order valence-electron chi connectivity index (χ2n) is 9.08. The van der Waals surface area contributed by atoms with Crippen LogP contribution in [0.3, 0.4) is 0 Å². The Hall–Kier alpha value is -2.51. The predicted molar refractivity (Wildman–Crippen MR) is 133 cm³/mol. The highest BCUT2D eigenvalue weighted by Gasteiger charge is 2.31. The maximum atomic E-state index is 13.2. The standard InChI is InChI=1S/C26H33N5OS/c1-2-31-23-12-11-20(17-21(23)25(29-31)26(32)30-15-7-4-8-16-30)27-14-13-24-28-22(18-33-24)19-9-5-3-6-10-19/h3,5-6,9-10,18,20,27H,2,4,7-8,11-17H2,1H3. The van der Waals surface area contributed by atoms with Gasteiger partial charge in [-0.2, -0.15) is 5.10 Å². The number of benzene rings is 1. The van der Waals surface area contributed by atoms with Gasteiger partial charge in [-0.25, -0.2) is 4.98 Å². The van der Waals surface area contributed by atoms with Gasteiger partial charge in [-0.15, -0.1) is 11.3 Å². The normalized spacial score (nSPS) is 18.3. The molecule has 0 spiro atoms. The number of rotatable bonds is 7. The summed E-state index contributed by atoms with van der Waals surface area (Å²) in [6, 6.07) is 10.7. The SMILES string of the molecule is CCn1nc(C(=O)N2CCCCC2)c2c1CCC(NCCc1nc(-c3ccccc3)cs1)C2. The van der Waals surface area contributed by atoms with Crippen LogP contribution < -0.4 is 5.32 Å². The van der Waals surface area contributed by atoms with Crippen LogP contribution in [0.2, 0.25) is 0 Å². The molecule has 7 heteroatoms. The Kier molecular flexibility index (Phi) is 6.88. The van der Waals surface area contributed by atoms with E-state index >= 15 is 0 Å². The first-order valence-corrected chi connectivity index (χ1v) is 13.2. The van der Waals surface area contributed by atoms with Crippen LogP contribution in [0, 0.1) is 0 Å². The van der Waals surface area contributed by atoms with Crippen molar-refractivity contribution in [2.24, 2.45) is 0 Å². The Labute approximate surface area is 200 Å². The molecule has 6 nitrogen and oxygen atoms in total. The third-order valence-corrected chi connectivity index (χ3v) is 7.79. The quantitative estimate of drug-likeness (QED) is 0.566. The Balaban J connectivity index is 1.21. The molecule has 0 radical (unpaired) electrons. The zero-order chi connectivity index (χ0) is 22.6. The fourth-order valence-corrected chi connectivity index (χ4v) is 5.90. The number of piperidine rings is 1. The van der Waals surface area contributed by atoms with Gasteiger partial charge < -0.3 is 10.2 Å². The number of hydrogen-bond acceptors (Lipinski definition) is 5. The summed E-state index contributed by atoms with van der Waals surface area (Å²) in [5.41, 5.74) is 5.38. The topological polar surface area (TPSA) is 63.1 Å². The Morgan fingerprint density at radius 3 is 2.79 bits per heavy atom. The summed E-state index contributed by atoms with van der Waals surface area (Å²) in [4.78, 5) is 20.1. The minimum Gasteiger partial charge on any atom is -0.337 e. The summed E-state index contributed by atoms with van der Waals surface area (Å²) in [5.74, 6) is 0.134. The van der Waals surface area contributed by atoms with Gasteiger partial charge in [-0.05, 0) is 45.4 Å². The molecule has 1 aliphatic heterocycles. The van der Waals surface area contributed by atoms with Crippen molar-refractivity contribution in [3.05, 3.63) is 57.7 Å². The lowest BCUT2D eigenvalue weighted by molar-refractivity contribution is 0.0716. The van der Waals surface area contributed by atoms with Gasteiger partial charge in [0.1, 0.15) is 0 Å². The number of aromatic nitrogens is 3. The molecule has 3 heterocycles. The van der Waals surface area contributed by atoms with Crippen LogP contribution in [0.5, 0.6) is 0 Å². The van der Waals surface area contributed by atoms with Crippen molar-refractivity contribution in [1.29, 1.82) is 0 Å². The third kappa shape index (κ3) is 4.89. The van der Waals surface area contributed by atoms with E-state index < -0.39 is 0 Å². The third-order valence-electron chi connectivity index (χ3n) is 6.89. The van der Waals surface area contributed by atoms with Crippen molar-refractivity contribution in [2.45, 2.75) is 64.5 Å². The number of hydrogen-bond donors (Lipinski definition) is 1. The summed E-state index contributed by atoms with van der Waals surface area (Å²) in [5, 5.41) is 11.8. The minimum absolute atomic E-state index is 0.134. The second-order valence-corrected chi connectivity index (χ2v) is 10.0. The number of nitrogens with zero attached hydrogens (tertiary/aromatic N) is 4. The molecular formula is C26H33N5OS. The van der Waals surface area contributed by atoms with Gasteiger partial charge in [0.05, 0.1) is 10.7 Å². The summed E-state index contributed by atoms with van der Waals surface area (Å²) in [6.45, 7) is 5.57. The van der Waals surface area contributed by atoms with E-state index in [4.69, 9.17) is 10.1 Å². The van der Waals surface area contributed by atoms with Crippen molar-refractivity contribution in [3.8, 4) is 11.3 Å². The first-order chi connectivity index (χ1) is 16.2. The maximum absolute atomic E-state index is 13.2. The monoisotopic (exact) mass is 463 g/mol. The number of likely N-dealkylation sites (tertiary alicyclic amines) is 1. The van der Waals surface area contributed by atoms with E-state index in [2.05, 4.69) is 46.6 Å². The molecule has 1 unspecified atom stereocenters. The minimum atomic E-state index is 0.134. The highest BCUT2D eigenvalue weighted by Crippen LogP contribution is 2.27. The van der Waals surface area contributed by atoms with Gasteiger partial charge in [0, 0.05) is 60.8 Å². The first kappa shape index (κ1) is 22.3. The molecule has 1 fully saturated rings. The van der Waals surface area contributed by atoms with Gasteiger partial charge in [0.2, 0.25) is 0 Å². The van der Waals surface area contributed by atoms with E-state index in [1.807, 2.05) is 11.0 Å². The van der Waals surface area contributed by atoms with Gasteiger partial charge in [0.25, 0.3) is 5.91 Å². The molecule has 0 saturated carbocycles. The second kappa shape index (κ2) is 10.2. The fraction of sp³-hybridized carbons (Fsp3) is 0.500. The van der Waals surface area contributed by atoms with Crippen molar-refractivity contribution < 1.29 is 4.79 Å². The van der Waals surface area contributed by atoms with Gasteiger partial charge in [0.15, 0.2) is 5.69 Å². The fourth-order valence-electron chi connectivity index (χ4n) is 5.09. The van der Waals surface area contributed by atoms with Crippen LogP contribution in [-0.4, -0.2) is 51.2 Å². The lowest BCUT2D eigenvalue weighted by Crippen LogP contribution is -2.38. The molecule has 3 aromatic rings. The van der Waals surface area contributed by atoms with E-state index in [-0.39, 0.29) is 5.91 Å². The number of carbonyl (C=O) groups is 1. The van der Waals surface area contributed by atoms with Crippen LogP contribution in [0.1, 0.15) is 59.4 Å². The molecule has 33 heavy (non-hydrogen) atoms. The highest BCUT2D eigenvalue weighted by molar-refractivity contribution is 7.09. The van der Waals surface area contributed by atoms with Crippen molar-refractivity contribution in [1.82, 2.24) is 25.0 Å². The number of thiazole rings is 1. The van der Waals surface area contributed by atoms with Crippen LogP contribution in [0.25, 0.3) is 11.3 Å². The van der Waals surface area contributed by atoms with Crippen LogP contribution >= 0.6 is 11.3 Å². The molecule has 1 saturated heterocycles. The van der Waals surface area contributed by atoms with Gasteiger partial charge in [-0.3, -0.25) is 9.48 Å². The van der Waals surface area contributed by atoms with E-state index in [1.54, 1.807) is 11.3 Å². The average molecular weight is 464 g/mol. The van der Waals surface area contributed by atoms with Crippen LogP contribution in [0.4, 0.5) is 0 Å². The van der Waals surface area contributed by atoms with Crippen LogP contribution in [-0.2, 0) is 25.8 Å². The molecule has 1 amide bonds. The molecule has 1 aromatic carbocycles. The molecule has 5 rings (SSSR count). The molecule has 1 N–H and O–H groups in total. The smallest absolute Gasteiger partial charge is 0.274 e. The molecule has 174 valence electrons. The Bertz CT molecular complexity index is 1080. The number of fused-ring (bicyclic) bond motifs is 1. The van der Waals surface area contributed by atoms with Crippen molar-refractivity contribution in [3.63, 3.8) is 0 Å². The largest absolute Gasteiger partial charge is 0.337 e.